The molecule has 1 aliphatic heterocycles. The summed E-state index contributed by atoms with van der Waals surface area (Å²) in [5, 5.41) is 5.79. The van der Waals surface area contributed by atoms with Crippen molar-refractivity contribution in [2.45, 2.75) is 52.2 Å². The molecule has 0 fully saturated rings. The number of furan rings is 1. The zero-order valence-corrected chi connectivity index (χ0v) is 20.3. The SMILES string of the molecule is CCCN1C(=O)c2c(C(=O)NCCc3ccco3)ncn2C[C@]1(C)C(=O)NCc1ccc(C)cc1. The molecular weight excluding hydrogens is 446 g/mol. The number of fused-ring (bicyclic) bond motifs is 1. The van der Waals surface area contributed by atoms with Gasteiger partial charge >= 0.3 is 0 Å². The van der Waals surface area contributed by atoms with Crippen LogP contribution >= 0.6 is 0 Å². The van der Waals surface area contributed by atoms with Crippen LogP contribution < -0.4 is 10.6 Å². The Hall–Kier alpha value is -3.88. The second kappa shape index (κ2) is 10.2. The van der Waals surface area contributed by atoms with E-state index in [2.05, 4.69) is 15.6 Å². The Balaban J connectivity index is 1.50. The predicted molar refractivity (Wildman–Crippen MR) is 130 cm³/mol. The van der Waals surface area contributed by atoms with Gasteiger partial charge in [0, 0.05) is 26.1 Å². The second-order valence-electron chi connectivity index (χ2n) is 9.05. The van der Waals surface area contributed by atoms with E-state index in [-0.39, 0.29) is 29.7 Å². The van der Waals surface area contributed by atoms with Gasteiger partial charge in [-0.25, -0.2) is 4.98 Å². The molecule has 4 rings (SSSR count). The van der Waals surface area contributed by atoms with E-state index in [1.807, 2.05) is 44.2 Å². The maximum atomic E-state index is 13.6. The first-order valence-electron chi connectivity index (χ1n) is 11.8. The summed E-state index contributed by atoms with van der Waals surface area (Å²) in [6, 6.07) is 11.6. The molecule has 3 heterocycles. The quantitative estimate of drug-likeness (QED) is 0.493. The molecule has 184 valence electrons. The van der Waals surface area contributed by atoms with Crippen LogP contribution in [0.5, 0.6) is 0 Å². The van der Waals surface area contributed by atoms with Gasteiger partial charge < -0.3 is 24.5 Å². The maximum Gasteiger partial charge on any atom is 0.273 e. The number of imidazole rings is 1. The van der Waals surface area contributed by atoms with Crippen molar-refractivity contribution in [2.75, 3.05) is 13.1 Å². The Morgan fingerprint density at radius 3 is 2.63 bits per heavy atom. The van der Waals surface area contributed by atoms with E-state index in [0.29, 0.717) is 32.5 Å². The lowest BCUT2D eigenvalue weighted by Crippen LogP contribution is -2.64. The van der Waals surface area contributed by atoms with E-state index in [1.54, 1.807) is 28.7 Å². The van der Waals surface area contributed by atoms with Gasteiger partial charge in [0.1, 0.15) is 17.0 Å². The predicted octanol–water partition coefficient (Wildman–Crippen LogP) is 2.70. The number of benzene rings is 1. The van der Waals surface area contributed by atoms with Crippen LogP contribution in [-0.4, -0.2) is 50.8 Å². The summed E-state index contributed by atoms with van der Waals surface area (Å²) >= 11 is 0. The molecule has 3 aromatic rings. The first-order chi connectivity index (χ1) is 16.8. The van der Waals surface area contributed by atoms with Gasteiger partial charge in [-0.15, -0.1) is 0 Å². The molecular formula is C26H31N5O4. The van der Waals surface area contributed by atoms with Gasteiger partial charge in [-0.2, -0.15) is 0 Å². The van der Waals surface area contributed by atoms with Gasteiger partial charge in [0.05, 0.1) is 19.1 Å². The van der Waals surface area contributed by atoms with E-state index >= 15 is 0 Å². The number of hydrogen-bond acceptors (Lipinski definition) is 5. The minimum absolute atomic E-state index is 0.0673. The van der Waals surface area contributed by atoms with Crippen molar-refractivity contribution >= 4 is 17.7 Å². The third kappa shape index (κ3) is 4.99. The molecule has 0 aliphatic carbocycles. The summed E-state index contributed by atoms with van der Waals surface area (Å²) in [4.78, 5) is 45.6. The highest BCUT2D eigenvalue weighted by Gasteiger charge is 2.48. The van der Waals surface area contributed by atoms with E-state index in [0.717, 1.165) is 16.9 Å². The highest BCUT2D eigenvalue weighted by atomic mass is 16.3. The first kappa shape index (κ1) is 24.3. The van der Waals surface area contributed by atoms with Crippen molar-refractivity contribution in [1.29, 1.82) is 0 Å². The zero-order chi connectivity index (χ0) is 25.0. The number of aromatic nitrogens is 2. The normalized spacial score (nSPS) is 17.2. The molecule has 35 heavy (non-hydrogen) atoms. The monoisotopic (exact) mass is 477 g/mol. The van der Waals surface area contributed by atoms with E-state index < -0.39 is 11.4 Å². The smallest absolute Gasteiger partial charge is 0.273 e. The molecule has 0 bridgehead atoms. The number of hydrogen-bond donors (Lipinski definition) is 2. The molecule has 2 N–H and O–H groups in total. The van der Waals surface area contributed by atoms with Gasteiger partial charge in [-0.1, -0.05) is 36.8 Å². The highest BCUT2D eigenvalue weighted by molar-refractivity contribution is 6.07. The number of nitrogens with zero attached hydrogens (tertiary/aromatic N) is 3. The van der Waals surface area contributed by atoms with E-state index in [9.17, 15) is 14.4 Å². The van der Waals surface area contributed by atoms with Gasteiger partial charge in [-0.3, -0.25) is 14.4 Å². The average molecular weight is 478 g/mol. The average Bonchev–Trinajstić information content (AvgIpc) is 3.51. The van der Waals surface area contributed by atoms with Crippen LogP contribution in [0.3, 0.4) is 0 Å². The highest BCUT2D eigenvalue weighted by Crippen LogP contribution is 2.29. The topological polar surface area (TPSA) is 109 Å². The Bertz CT molecular complexity index is 1200. The number of amides is 3. The fourth-order valence-corrected chi connectivity index (χ4v) is 4.34. The molecule has 2 aromatic heterocycles. The second-order valence-corrected chi connectivity index (χ2v) is 9.05. The summed E-state index contributed by atoms with van der Waals surface area (Å²) in [6.07, 6.45) is 4.25. The van der Waals surface area contributed by atoms with Crippen molar-refractivity contribution in [3.63, 3.8) is 0 Å². The third-order valence-corrected chi connectivity index (χ3v) is 6.32. The van der Waals surface area contributed by atoms with Crippen LogP contribution in [-0.2, 0) is 24.3 Å². The molecule has 0 saturated heterocycles. The number of rotatable bonds is 9. The molecule has 0 spiro atoms. The maximum absolute atomic E-state index is 13.6. The minimum atomic E-state index is -1.11. The summed E-state index contributed by atoms with van der Waals surface area (Å²) in [7, 11) is 0. The van der Waals surface area contributed by atoms with Crippen LogP contribution in [0.1, 0.15) is 58.1 Å². The van der Waals surface area contributed by atoms with E-state index in [1.165, 1.54) is 6.33 Å². The van der Waals surface area contributed by atoms with Crippen LogP contribution in [0.2, 0.25) is 0 Å². The lowest BCUT2D eigenvalue weighted by atomic mass is 9.93. The zero-order valence-electron chi connectivity index (χ0n) is 20.3. The molecule has 0 unspecified atom stereocenters. The molecule has 9 nitrogen and oxygen atoms in total. The summed E-state index contributed by atoms with van der Waals surface area (Å²) < 4.78 is 6.90. The lowest BCUT2D eigenvalue weighted by molar-refractivity contribution is -0.133. The molecule has 0 radical (unpaired) electrons. The minimum Gasteiger partial charge on any atom is -0.469 e. The largest absolute Gasteiger partial charge is 0.469 e. The van der Waals surface area contributed by atoms with Gasteiger partial charge in [0.25, 0.3) is 11.8 Å². The van der Waals surface area contributed by atoms with Crippen LogP contribution in [0.25, 0.3) is 0 Å². The molecule has 1 atom stereocenters. The lowest BCUT2D eigenvalue weighted by Gasteiger charge is -2.43. The summed E-state index contributed by atoms with van der Waals surface area (Å²) in [5.41, 5.74) is 1.29. The van der Waals surface area contributed by atoms with Crippen molar-refractivity contribution in [1.82, 2.24) is 25.1 Å². The standard InChI is InChI=1S/C26H31N5O4/c1-4-13-31-24(33)22-21(23(32)27-12-11-20-6-5-14-35-20)29-17-30(22)16-26(31,3)25(34)28-15-19-9-7-18(2)8-10-19/h5-10,14,17H,4,11-13,15-16H2,1-3H3,(H,27,32)(H,28,34)/t26-/m1/s1. The molecule has 0 saturated carbocycles. The number of carbonyl (C=O) groups excluding carboxylic acids is 3. The van der Waals surface area contributed by atoms with Gasteiger partial charge in [0.2, 0.25) is 5.91 Å². The van der Waals surface area contributed by atoms with E-state index in [4.69, 9.17) is 4.42 Å². The number of carbonyl (C=O) groups is 3. The molecule has 9 heteroatoms. The van der Waals surface area contributed by atoms with Crippen molar-refractivity contribution < 1.29 is 18.8 Å². The number of aryl methyl sites for hydroxylation is 1. The molecule has 1 aromatic carbocycles. The Kier molecular flexibility index (Phi) is 7.04. The Labute approximate surface area is 204 Å². The molecule has 1 aliphatic rings. The Morgan fingerprint density at radius 1 is 1.17 bits per heavy atom. The van der Waals surface area contributed by atoms with Crippen LogP contribution in [0, 0.1) is 6.92 Å². The van der Waals surface area contributed by atoms with Gasteiger partial charge in [-0.05, 0) is 38.0 Å². The van der Waals surface area contributed by atoms with Crippen molar-refractivity contribution in [2.24, 2.45) is 0 Å². The Morgan fingerprint density at radius 2 is 1.94 bits per heavy atom. The fourth-order valence-electron chi connectivity index (χ4n) is 4.34. The summed E-state index contributed by atoms with van der Waals surface area (Å²) in [5.74, 6) is -0.291. The fraction of sp³-hybridized carbons (Fsp3) is 0.385. The van der Waals surface area contributed by atoms with Crippen molar-refractivity contribution in [3.05, 3.63) is 77.3 Å². The summed E-state index contributed by atoms with van der Waals surface area (Å²) in [6.45, 7) is 7.03. The van der Waals surface area contributed by atoms with Crippen LogP contribution in [0.15, 0.2) is 53.4 Å². The van der Waals surface area contributed by atoms with Crippen LogP contribution in [0.4, 0.5) is 0 Å². The van der Waals surface area contributed by atoms with Gasteiger partial charge in [0.15, 0.2) is 5.69 Å². The van der Waals surface area contributed by atoms with Crippen molar-refractivity contribution in [3.8, 4) is 0 Å². The first-order valence-corrected chi connectivity index (χ1v) is 11.8. The number of nitrogens with one attached hydrogen (secondary N) is 2. The molecule has 3 amide bonds. The third-order valence-electron chi connectivity index (χ3n) is 6.32.